The van der Waals surface area contributed by atoms with Crippen LogP contribution in [0.3, 0.4) is 0 Å². The van der Waals surface area contributed by atoms with Crippen LogP contribution in [-0.4, -0.2) is 66.1 Å². The second kappa shape index (κ2) is 9.06. The van der Waals surface area contributed by atoms with Crippen molar-refractivity contribution >= 4 is 11.8 Å². The minimum atomic E-state index is -4.33. The van der Waals surface area contributed by atoms with Crippen LogP contribution in [0.2, 0.25) is 0 Å². The molecule has 1 aromatic rings. The van der Waals surface area contributed by atoms with E-state index in [0.29, 0.717) is 0 Å². The molecule has 0 saturated carbocycles. The van der Waals surface area contributed by atoms with Gasteiger partial charge in [0.15, 0.2) is 0 Å². The van der Waals surface area contributed by atoms with Crippen LogP contribution in [0.4, 0.5) is 22.0 Å². The van der Waals surface area contributed by atoms with E-state index >= 15 is 0 Å². The van der Waals surface area contributed by atoms with Gasteiger partial charge < -0.3 is 10.2 Å². The summed E-state index contributed by atoms with van der Waals surface area (Å²) in [6.07, 6.45) is -4.33. The van der Waals surface area contributed by atoms with Crippen molar-refractivity contribution in [3.63, 3.8) is 0 Å². The van der Waals surface area contributed by atoms with Gasteiger partial charge in [0.25, 0.3) is 5.91 Å². The molecule has 2 atom stereocenters. The molecule has 1 saturated heterocycles. The average molecular weight is 421 g/mol. The van der Waals surface area contributed by atoms with Crippen LogP contribution >= 0.6 is 0 Å². The van der Waals surface area contributed by atoms with Crippen molar-refractivity contribution in [3.05, 3.63) is 35.4 Å². The van der Waals surface area contributed by atoms with Crippen LogP contribution in [0.25, 0.3) is 0 Å². The van der Waals surface area contributed by atoms with Crippen LogP contribution in [0.15, 0.2) is 18.2 Å². The fourth-order valence-corrected chi connectivity index (χ4v) is 3.30. The third-order valence-electron chi connectivity index (χ3n) is 4.87. The number of nitrogens with one attached hydrogen (secondary N) is 1. The van der Waals surface area contributed by atoms with E-state index in [1.807, 2.05) is 0 Å². The van der Waals surface area contributed by atoms with Crippen molar-refractivity contribution in [1.82, 2.24) is 15.1 Å². The predicted molar refractivity (Wildman–Crippen MR) is 96.1 cm³/mol. The first-order valence-electron chi connectivity index (χ1n) is 9.25. The van der Waals surface area contributed by atoms with Gasteiger partial charge in [-0.15, -0.1) is 0 Å². The number of carbonyl (C=O) groups excluding carboxylic acids is 2. The number of alkyl halides is 3. The van der Waals surface area contributed by atoms with E-state index in [9.17, 15) is 31.5 Å². The molecule has 0 aromatic heterocycles. The summed E-state index contributed by atoms with van der Waals surface area (Å²) in [4.78, 5) is 27.9. The number of hydrogen-bond acceptors (Lipinski definition) is 3. The molecule has 1 N–H and O–H groups in total. The van der Waals surface area contributed by atoms with Gasteiger partial charge in [-0.1, -0.05) is 19.9 Å². The summed E-state index contributed by atoms with van der Waals surface area (Å²) in [6.45, 7) is 3.99. The Morgan fingerprint density at radius 3 is 2.24 bits per heavy atom. The zero-order chi connectivity index (χ0) is 21.9. The van der Waals surface area contributed by atoms with Gasteiger partial charge in [-0.05, 0) is 25.0 Å². The number of nitrogens with zero attached hydrogens (tertiary/aromatic N) is 2. The van der Waals surface area contributed by atoms with E-state index in [-0.39, 0.29) is 19.6 Å². The van der Waals surface area contributed by atoms with Crippen molar-refractivity contribution in [1.29, 1.82) is 0 Å². The fraction of sp³-hybridized carbons (Fsp3) is 0.579. The molecule has 1 aliphatic rings. The normalized spacial score (nSPS) is 19.3. The van der Waals surface area contributed by atoms with Gasteiger partial charge >= 0.3 is 6.18 Å². The standard InChI is InChI=1S/C19H24F5N3O2/c1-11(2)16(25-17(28)15-13(20)5-4-6-14(15)21)18(29)26-7-8-27(12(3)9-26)10-19(22,23)24/h4-6,11-12,16H,7-10H2,1-3H3,(H,25,28)/t12-,16-/m0/s1. The Morgan fingerprint density at radius 2 is 1.76 bits per heavy atom. The molecule has 0 spiro atoms. The smallest absolute Gasteiger partial charge is 0.340 e. The lowest BCUT2D eigenvalue weighted by Gasteiger charge is -2.41. The van der Waals surface area contributed by atoms with Gasteiger partial charge in [-0.3, -0.25) is 14.5 Å². The molecule has 0 unspecified atom stereocenters. The highest BCUT2D eigenvalue weighted by molar-refractivity contribution is 5.98. The molecule has 2 amide bonds. The number of rotatable bonds is 5. The summed E-state index contributed by atoms with van der Waals surface area (Å²) >= 11 is 0. The Hall–Kier alpha value is -2.23. The van der Waals surface area contributed by atoms with Crippen molar-refractivity contribution < 1.29 is 31.5 Å². The van der Waals surface area contributed by atoms with E-state index in [0.717, 1.165) is 18.2 Å². The lowest BCUT2D eigenvalue weighted by atomic mass is 10.0. The van der Waals surface area contributed by atoms with Crippen molar-refractivity contribution in [3.8, 4) is 0 Å². The predicted octanol–water partition coefficient (Wildman–Crippen LogP) is 2.81. The van der Waals surface area contributed by atoms with Crippen molar-refractivity contribution in [2.24, 2.45) is 5.92 Å². The van der Waals surface area contributed by atoms with Crippen LogP contribution < -0.4 is 5.32 Å². The Balaban J connectivity index is 2.09. The molecular weight excluding hydrogens is 397 g/mol. The second-order valence-electron chi connectivity index (χ2n) is 7.51. The minimum absolute atomic E-state index is 0.0348. The van der Waals surface area contributed by atoms with E-state index in [2.05, 4.69) is 5.32 Å². The molecule has 1 aliphatic heterocycles. The highest BCUT2D eigenvalue weighted by Crippen LogP contribution is 2.21. The number of amides is 2. The maximum absolute atomic E-state index is 13.8. The lowest BCUT2D eigenvalue weighted by Crippen LogP contribution is -2.60. The zero-order valence-corrected chi connectivity index (χ0v) is 16.4. The quantitative estimate of drug-likeness (QED) is 0.744. The van der Waals surface area contributed by atoms with E-state index in [1.54, 1.807) is 20.8 Å². The molecule has 162 valence electrons. The molecular formula is C19H24F5N3O2. The van der Waals surface area contributed by atoms with E-state index < -0.39 is 59.7 Å². The lowest BCUT2D eigenvalue weighted by molar-refractivity contribution is -0.158. The zero-order valence-electron chi connectivity index (χ0n) is 16.4. The topological polar surface area (TPSA) is 52.7 Å². The molecule has 1 aromatic carbocycles. The summed E-state index contributed by atoms with van der Waals surface area (Å²) in [6, 6.07) is 1.40. The molecule has 10 heteroatoms. The Bertz CT molecular complexity index is 734. The summed E-state index contributed by atoms with van der Waals surface area (Å²) < 4.78 is 65.6. The molecule has 29 heavy (non-hydrogen) atoms. The third kappa shape index (κ3) is 5.88. The number of carbonyl (C=O) groups is 2. The fourth-order valence-electron chi connectivity index (χ4n) is 3.30. The van der Waals surface area contributed by atoms with Crippen LogP contribution in [0.5, 0.6) is 0 Å². The molecule has 1 fully saturated rings. The first kappa shape index (κ1) is 23.1. The van der Waals surface area contributed by atoms with Crippen LogP contribution in [0, 0.1) is 17.6 Å². The molecule has 1 heterocycles. The molecule has 0 radical (unpaired) electrons. The summed E-state index contributed by atoms with van der Waals surface area (Å²) in [5.74, 6) is -4.05. The minimum Gasteiger partial charge on any atom is -0.340 e. The third-order valence-corrected chi connectivity index (χ3v) is 4.87. The van der Waals surface area contributed by atoms with E-state index in [4.69, 9.17) is 0 Å². The molecule has 2 rings (SSSR count). The SMILES string of the molecule is CC(C)[C@H](NC(=O)c1c(F)cccc1F)C(=O)N1CCN(CC(F)(F)F)[C@@H](C)C1. The maximum atomic E-state index is 13.8. The number of piperazine rings is 1. The number of halogens is 5. The Labute approximate surface area is 165 Å². The largest absolute Gasteiger partial charge is 0.401 e. The maximum Gasteiger partial charge on any atom is 0.401 e. The average Bonchev–Trinajstić information content (AvgIpc) is 2.59. The summed E-state index contributed by atoms with van der Waals surface area (Å²) in [7, 11) is 0. The summed E-state index contributed by atoms with van der Waals surface area (Å²) in [5.41, 5.74) is -0.783. The highest BCUT2D eigenvalue weighted by atomic mass is 19.4. The van der Waals surface area contributed by atoms with Gasteiger partial charge in [0.1, 0.15) is 23.2 Å². The van der Waals surface area contributed by atoms with Gasteiger partial charge in [-0.2, -0.15) is 13.2 Å². The highest BCUT2D eigenvalue weighted by Gasteiger charge is 2.38. The molecule has 0 aliphatic carbocycles. The van der Waals surface area contributed by atoms with E-state index in [1.165, 1.54) is 9.80 Å². The van der Waals surface area contributed by atoms with Gasteiger partial charge in [0, 0.05) is 25.7 Å². The van der Waals surface area contributed by atoms with Crippen molar-refractivity contribution in [2.75, 3.05) is 26.2 Å². The summed E-state index contributed by atoms with van der Waals surface area (Å²) in [5, 5.41) is 2.37. The molecule has 5 nitrogen and oxygen atoms in total. The Kier molecular flexibility index (Phi) is 7.20. The number of benzene rings is 1. The van der Waals surface area contributed by atoms with Crippen molar-refractivity contribution in [2.45, 2.75) is 39.0 Å². The van der Waals surface area contributed by atoms with Crippen LogP contribution in [-0.2, 0) is 4.79 Å². The molecule has 0 bridgehead atoms. The first-order chi connectivity index (χ1) is 13.4. The van der Waals surface area contributed by atoms with Crippen LogP contribution in [0.1, 0.15) is 31.1 Å². The Morgan fingerprint density at radius 1 is 1.17 bits per heavy atom. The van der Waals surface area contributed by atoms with Gasteiger partial charge in [-0.25, -0.2) is 8.78 Å². The second-order valence-corrected chi connectivity index (χ2v) is 7.51. The van der Waals surface area contributed by atoms with Gasteiger partial charge in [0.2, 0.25) is 5.91 Å². The first-order valence-corrected chi connectivity index (χ1v) is 9.25. The number of hydrogen-bond donors (Lipinski definition) is 1. The van der Waals surface area contributed by atoms with Gasteiger partial charge in [0.05, 0.1) is 6.54 Å². The monoisotopic (exact) mass is 421 g/mol.